The maximum atomic E-state index is 6.10. The van der Waals surface area contributed by atoms with Crippen molar-refractivity contribution < 1.29 is 4.74 Å². The number of para-hydroxylation sites is 2. The third-order valence-corrected chi connectivity index (χ3v) is 6.49. The number of benzene rings is 2. The van der Waals surface area contributed by atoms with Crippen LogP contribution in [0.3, 0.4) is 0 Å². The molecule has 1 aromatic heterocycles. The van der Waals surface area contributed by atoms with Crippen LogP contribution < -0.4 is 9.64 Å². The fraction of sp³-hybridized carbons (Fsp3) is 0.444. The topological polar surface area (TPSA) is 33.5 Å². The SMILES string of the molecule is COc1ccccc1N1CCN(CCCc2cc(-c3ccc(Cl)cc3)n(C(C)(C)C)n2)CC1. The molecule has 0 atom stereocenters. The number of anilines is 1. The summed E-state index contributed by atoms with van der Waals surface area (Å²) in [6, 6.07) is 18.6. The van der Waals surface area contributed by atoms with Gasteiger partial charge in [-0.2, -0.15) is 5.10 Å². The van der Waals surface area contributed by atoms with E-state index in [1.807, 2.05) is 24.3 Å². The van der Waals surface area contributed by atoms with Gasteiger partial charge in [0.05, 0.1) is 29.7 Å². The largest absolute Gasteiger partial charge is 0.495 e. The predicted octanol–water partition coefficient (Wildman–Crippen LogP) is 5.72. The lowest BCUT2D eigenvalue weighted by molar-refractivity contribution is 0.254. The summed E-state index contributed by atoms with van der Waals surface area (Å²) >= 11 is 6.10. The summed E-state index contributed by atoms with van der Waals surface area (Å²) in [5.41, 5.74) is 4.58. The Morgan fingerprint density at radius 2 is 1.67 bits per heavy atom. The molecule has 4 rings (SSSR count). The molecule has 1 aliphatic heterocycles. The van der Waals surface area contributed by atoms with E-state index in [1.54, 1.807) is 7.11 Å². The van der Waals surface area contributed by atoms with Crippen LogP contribution in [0.15, 0.2) is 54.6 Å². The van der Waals surface area contributed by atoms with Gasteiger partial charge in [0.1, 0.15) is 5.75 Å². The van der Waals surface area contributed by atoms with Gasteiger partial charge < -0.3 is 9.64 Å². The maximum absolute atomic E-state index is 6.10. The van der Waals surface area contributed by atoms with Crippen LogP contribution in [0, 0.1) is 0 Å². The van der Waals surface area contributed by atoms with Gasteiger partial charge in [-0.15, -0.1) is 0 Å². The van der Waals surface area contributed by atoms with E-state index in [9.17, 15) is 0 Å². The number of hydrogen-bond acceptors (Lipinski definition) is 4. The summed E-state index contributed by atoms with van der Waals surface area (Å²) in [5, 5.41) is 5.73. The molecule has 3 aromatic rings. The van der Waals surface area contributed by atoms with Crippen molar-refractivity contribution in [1.29, 1.82) is 0 Å². The molecule has 0 radical (unpaired) electrons. The minimum Gasteiger partial charge on any atom is -0.495 e. The number of piperazine rings is 1. The number of hydrogen-bond donors (Lipinski definition) is 0. The second-order valence-corrected chi connectivity index (χ2v) is 10.2. The Hall–Kier alpha value is -2.50. The summed E-state index contributed by atoms with van der Waals surface area (Å²) in [5.74, 6) is 0.955. The first-order valence-electron chi connectivity index (χ1n) is 11.8. The molecule has 2 heterocycles. The highest BCUT2D eigenvalue weighted by molar-refractivity contribution is 6.30. The number of aromatic nitrogens is 2. The second kappa shape index (κ2) is 10.2. The Morgan fingerprint density at radius 1 is 0.970 bits per heavy atom. The molecule has 176 valence electrons. The molecular weight excluding hydrogens is 432 g/mol. The van der Waals surface area contributed by atoms with Crippen molar-refractivity contribution in [2.75, 3.05) is 44.7 Å². The van der Waals surface area contributed by atoms with Crippen LogP contribution >= 0.6 is 11.6 Å². The number of aryl methyl sites for hydroxylation is 1. The zero-order valence-corrected chi connectivity index (χ0v) is 21.0. The summed E-state index contributed by atoms with van der Waals surface area (Å²) in [4.78, 5) is 4.99. The van der Waals surface area contributed by atoms with Gasteiger partial charge in [0.2, 0.25) is 0 Å². The van der Waals surface area contributed by atoms with Crippen LogP contribution in [0.25, 0.3) is 11.3 Å². The van der Waals surface area contributed by atoms with E-state index < -0.39 is 0 Å². The zero-order valence-electron chi connectivity index (χ0n) is 20.2. The zero-order chi connectivity index (χ0) is 23.4. The Morgan fingerprint density at radius 3 is 2.33 bits per heavy atom. The van der Waals surface area contributed by atoms with Crippen molar-refractivity contribution >= 4 is 17.3 Å². The highest BCUT2D eigenvalue weighted by Crippen LogP contribution is 2.29. The van der Waals surface area contributed by atoms with Crippen LogP contribution in [-0.2, 0) is 12.0 Å². The minimum atomic E-state index is -0.0813. The van der Waals surface area contributed by atoms with Crippen LogP contribution in [0.4, 0.5) is 5.69 Å². The van der Waals surface area contributed by atoms with E-state index >= 15 is 0 Å². The molecule has 1 aliphatic rings. The molecule has 1 fully saturated rings. The fourth-order valence-electron chi connectivity index (χ4n) is 4.48. The van der Waals surface area contributed by atoms with Gasteiger partial charge in [0, 0.05) is 31.2 Å². The highest BCUT2D eigenvalue weighted by atomic mass is 35.5. The van der Waals surface area contributed by atoms with Gasteiger partial charge in [-0.05, 0) is 76.1 Å². The third kappa shape index (κ3) is 5.71. The van der Waals surface area contributed by atoms with Gasteiger partial charge in [0.25, 0.3) is 0 Å². The minimum absolute atomic E-state index is 0.0813. The first-order valence-corrected chi connectivity index (χ1v) is 12.2. The van der Waals surface area contributed by atoms with Crippen molar-refractivity contribution in [3.8, 4) is 17.0 Å². The van der Waals surface area contributed by atoms with Crippen molar-refractivity contribution in [1.82, 2.24) is 14.7 Å². The van der Waals surface area contributed by atoms with Gasteiger partial charge >= 0.3 is 0 Å². The Labute approximate surface area is 202 Å². The van der Waals surface area contributed by atoms with Gasteiger partial charge in [-0.1, -0.05) is 35.9 Å². The number of rotatable bonds is 7. The van der Waals surface area contributed by atoms with Crippen molar-refractivity contribution in [3.05, 3.63) is 65.3 Å². The second-order valence-electron chi connectivity index (χ2n) is 9.71. The van der Waals surface area contributed by atoms with Crippen LogP contribution in [0.2, 0.25) is 5.02 Å². The third-order valence-electron chi connectivity index (χ3n) is 6.24. The normalized spacial score (nSPS) is 15.1. The molecule has 33 heavy (non-hydrogen) atoms. The summed E-state index contributed by atoms with van der Waals surface area (Å²) in [7, 11) is 1.74. The van der Waals surface area contributed by atoms with Crippen LogP contribution in [0.1, 0.15) is 32.9 Å². The van der Waals surface area contributed by atoms with Gasteiger partial charge in [-0.3, -0.25) is 9.58 Å². The lowest BCUT2D eigenvalue weighted by atomic mass is 10.1. The first-order chi connectivity index (χ1) is 15.8. The molecule has 0 spiro atoms. The highest BCUT2D eigenvalue weighted by Gasteiger charge is 2.22. The van der Waals surface area contributed by atoms with Gasteiger partial charge in [0.15, 0.2) is 0 Å². The molecule has 0 saturated carbocycles. The quantitative estimate of drug-likeness (QED) is 0.445. The first kappa shape index (κ1) is 23.7. The van der Waals surface area contributed by atoms with E-state index in [4.69, 9.17) is 21.4 Å². The average molecular weight is 467 g/mol. The molecular formula is C27H35ClN4O. The fourth-order valence-corrected chi connectivity index (χ4v) is 4.60. The van der Waals surface area contributed by atoms with Crippen molar-refractivity contribution in [3.63, 3.8) is 0 Å². The Bertz CT molecular complexity index is 1050. The molecule has 2 aromatic carbocycles. The number of nitrogens with zero attached hydrogens (tertiary/aromatic N) is 4. The van der Waals surface area contributed by atoms with E-state index in [2.05, 4.69) is 65.6 Å². The smallest absolute Gasteiger partial charge is 0.142 e. The monoisotopic (exact) mass is 466 g/mol. The summed E-state index contributed by atoms with van der Waals surface area (Å²) < 4.78 is 7.69. The molecule has 0 N–H and O–H groups in total. The number of methoxy groups -OCH3 is 1. The molecule has 0 amide bonds. The number of halogens is 1. The molecule has 0 bridgehead atoms. The van der Waals surface area contributed by atoms with Gasteiger partial charge in [-0.25, -0.2) is 0 Å². The van der Waals surface area contributed by atoms with Crippen molar-refractivity contribution in [2.45, 2.75) is 39.2 Å². The average Bonchev–Trinajstić information content (AvgIpc) is 3.25. The molecule has 5 nitrogen and oxygen atoms in total. The summed E-state index contributed by atoms with van der Waals surface area (Å²) in [6.45, 7) is 11.9. The summed E-state index contributed by atoms with van der Waals surface area (Å²) in [6.07, 6.45) is 2.09. The standard InChI is InChI=1S/C27H35ClN4O/c1-27(2,3)32-25(21-11-13-22(28)14-12-21)20-23(29-32)8-7-15-30-16-18-31(19-17-30)24-9-5-6-10-26(24)33-4/h5-6,9-14,20H,7-8,15-19H2,1-4H3. The van der Waals surface area contributed by atoms with E-state index in [0.717, 1.165) is 73.3 Å². The van der Waals surface area contributed by atoms with E-state index in [1.165, 1.54) is 5.69 Å². The molecule has 0 unspecified atom stereocenters. The lowest BCUT2D eigenvalue weighted by Crippen LogP contribution is -2.46. The maximum Gasteiger partial charge on any atom is 0.142 e. The van der Waals surface area contributed by atoms with E-state index in [0.29, 0.717) is 0 Å². The number of ether oxygens (including phenoxy) is 1. The van der Waals surface area contributed by atoms with E-state index in [-0.39, 0.29) is 5.54 Å². The predicted molar refractivity (Wildman–Crippen MR) is 138 cm³/mol. The van der Waals surface area contributed by atoms with Crippen molar-refractivity contribution in [2.24, 2.45) is 0 Å². The lowest BCUT2D eigenvalue weighted by Gasteiger charge is -2.36. The van der Waals surface area contributed by atoms with Crippen LogP contribution in [0.5, 0.6) is 5.75 Å². The Balaban J connectivity index is 1.34. The molecule has 6 heteroatoms. The van der Waals surface area contributed by atoms with Crippen LogP contribution in [-0.4, -0.2) is 54.5 Å². The molecule has 0 aliphatic carbocycles. The Kier molecular flexibility index (Phi) is 7.30. The molecule has 1 saturated heterocycles.